The number of carbonyl (C=O) groups excluding carboxylic acids is 1. The molecule has 1 atom stereocenters. The fourth-order valence-corrected chi connectivity index (χ4v) is 4.45. The summed E-state index contributed by atoms with van der Waals surface area (Å²) in [6.07, 6.45) is 3.91. The zero-order valence-corrected chi connectivity index (χ0v) is 15.6. The van der Waals surface area contributed by atoms with Gasteiger partial charge in [0.05, 0.1) is 5.56 Å². The summed E-state index contributed by atoms with van der Waals surface area (Å²) < 4.78 is 32.3. The maximum Gasteiger partial charge on any atom is 0.388 e. The molecule has 1 aliphatic rings. The van der Waals surface area contributed by atoms with Gasteiger partial charge < -0.3 is 15.8 Å². The van der Waals surface area contributed by atoms with Crippen molar-refractivity contribution < 1.29 is 18.3 Å². The quantitative estimate of drug-likeness (QED) is 0.646. The summed E-state index contributed by atoms with van der Waals surface area (Å²) in [4.78, 5) is 12.8. The third kappa shape index (κ3) is 3.42. The summed E-state index contributed by atoms with van der Waals surface area (Å²) in [5.41, 5.74) is 7.02. The van der Waals surface area contributed by atoms with Crippen molar-refractivity contribution in [2.45, 2.75) is 31.9 Å². The Kier molecular flexibility index (Phi) is 4.71. The number of nitrogens with two attached hydrogens (primary N) is 1. The molecule has 28 heavy (non-hydrogen) atoms. The molecular formula is C16H17F2N7O2S. The molecule has 0 spiro atoms. The standard InChI is InChI=1S/C16H17F2N7O2S/c1-24-12(5-13(23-24)27-15(17)18)21-16-22-20-7-25(16)8-2-3-11-9(4-8)10(6-28-11)14(19)26/h5-8,15H,2-4H2,1H3,(H2,19,26)(H,21,22). The topological polar surface area (TPSA) is 113 Å². The van der Waals surface area contributed by atoms with Crippen molar-refractivity contribution in [1.29, 1.82) is 0 Å². The predicted octanol–water partition coefficient (Wildman–Crippen LogP) is 2.25. The van der Waals surface area contributed by atoms with E-state index in [1.54, 1.807) is 30.1 Å². The van der Waals surface area contributed by atoms with Crippen LogP contribution in [0.4, 0.5) is 20.5 Å². The van der Waals surface area contributed by atoms with Crippen LogP contribution in [0.15, 0.2) is 17.8 Å². The van der Waals surface area contributed by atoms with Crippen LogP contribution in [-0.2, 0) is 19.9 Å². The minimum atomic E-state index is -2.95. The lowest BCUT2D eigenvalue weighted by atomic mass is 9.91. The zero-order chi connectivity index (χ0) is 19.8. The van der Waals surface area contributed by atoms with Gasteiger partial charge in [0.25, 0.3) is 0 Å². The number of aromatic nitrogens is 5. The van der Waals surface area contributed by atoms with Crippen molar-refractivity contribution in [3.63, 3.8) is 0 Å². The number of nitrogens with one attached hydrogen (secondary N) is 1. The van der Waals surface area contributed by atoms with Gasteiger partial charge in [0.1, 0.15) is 12.1 Å². The van der Waals surface area contributed by atoms with Gasteiger partial charge in [0.2, 0.25) is 17.7 Å². The van der Waals surface area contributed by atoms with Gasteiger partial charge in [-0.2, -0.15) is 8.78 Å². The largest absolute Gasteiger partial charge is 0.415 e. The smallest absolute Gasteiger partial charge is 0.388 e. The number of anilines is 2. The number of primary amides is 1. The van der Waals surface area contributed by atoms with Crippen molar-refractivity contribution in [1.82, 2.24) is 24.5 Å². The van der Waals surface area contributed by atoms with E-state index in [1.807, 2.05) is 4.57 Å². The molecule has 0 aliphatic heterocycles. The van der Waals surface area contributed by atoms with E-state index in [4.69, 9.17) is 5.73 Å². The molecule has 3 aromatic heterocycles. The summed E-state index contributed by atoms with van der Waals surface area (Å²) in [6.45, 7) is -2.95. The Bertz CT molecular complexity index is 1010. The summed E-state index contributed by atoms with van der Waals surface area (Å²) in [5.74, 6) is 0.241. The van der Waals surface area contributed by atoms with Gasteiger partial charge in [-0.3, -0.25) is 9.36 Å². The number of aryl methyl sites for hydroxylation is 2. The number of nitrogens with zero attached hydrogens (tertiary/aromatic N) is 5. The van der Waals surface area contributed by atoms with Crippen LogP contribution in [0.5, 0.6) is 5.88 Å². The van der Waals surface area contributed by atoms with E-state index in [0.29, 0.717) is 23.8 Å². The number of hydrogen-bond donors (Lipinski definition) is 2. The minimum absolute atomic E-state index is 0.0303. The first-order valence-electron chi connectivity index (χ1n) is 8.46. The number of rotatable bonds is 6. The Morgan fingerprint density at radius 1 is 1.50 bits per heavy atom. The number of amides is 1. The molecule has 0 radical (unpaired) electrons. The van der Waals surface area contributed by atoms with E-state index in [9.17, 15) is 13.6 Å². The number of alkyl halides is 2. The van der Waals surface area contributed by atoms with Crippen LogP contribution in [0, 0.1) is 0 Å². The van der Waals surface area contributed by atoms with Crippen LogP contribution in [0.3, 0.4) is 0 Å². The number of halogens is 2. The number of thiophene rings is 1. The first-order chi connectivity index (χ1) is 13.4. The van der Waals surface area contributed by atoms with Crippen LogP contribution < -0.4 is 15.8 Å². The van der Waals surface area contributed by atoms with Crippen LogP contribution in [0.2, 0.25) is 0 Å². The first-order valence-corrected chi connectivity index (χ1v) is 9.34. The Labute approximate surface area is 162 Å². The van der Waals surface area contributed by atoms with Crippen LogP contribution in [-0.4, -0.2) is 37.1 Å². The van der Waals surface area contributed by atoms with E-state index in [-0.39, 0.29) is 11.9 Å². The molecule has 12 heteroatoms. The number of ether oxygens (including phenoxy) is 1. The van der Waals surface area contributed by atoms with Gasteiger partial charge in [0, 0.05) is 29.4 Å². The highest BCUT2D eigenvalue weighted by atomic mass is 32.1. The second-order valence-corrected chi connectivity index (χ2v) is 7.33. The van der Waals surface area contributed by atoms with Gasteiger partial charge in [-0.1, -0.05) is 0 Å². The van der Waals surface area contributed by atoms with Crippen molar-refractivity contribution in [3.05, 3.63) is 33.8 Å². The van der Waals surface area contributed by atoms with Gasteiger partial charge in [-0.25, -0.2) is 4.68 Å². The molecule has 0 fully saturated rings. The van der Waals surface area contributed by atoms with E-state index in [1.165, 1.54) is 15.6 Å². The number of carbonyl (C=O) groups is 1. The molecule has 4 rings (SSSR count). The molecule has 0 saturated heterocycles. The summed E-state index contributed by atoms with van der Waals surface area (Å²) in [5, 5.41) is 16.8. The highest BCUT2D eigenvalue weighted by Crippen LogP contribution is 2.36. The molecule has 3 N–H and O–H groups in total. The number of hydrogen-bond acceptors (Lipinski definition) is 7. The molecule has 3 aromatic rings. The second-order valence-electron chi connectivity index (χ2n) is 6.37. The lowest BCUT2D eigenvalue weighted by molar-refractivity contribution is -0.0531. The third-order valence-electron chi connectivity index (χ3n) is 4.66. The monoisotopic (exact) mass is 409 g/mol. The minimum Gasteiger partial charge on any atom is -0.415 e. The van der Waals surface area contributed by atoms with Gasteiger partial charge in [-0.05, 0) is 24.8 Å². The van der Waals surface area contributed by atoms with Crippen LogP contribution in [0.1, 0.15) is 33.3 Å². The lowest BCUT2D eigenvalue weighted by Gasteiger charge is -2.25. The van der Waals surface area contributed by atoms with Gasteiger partial charge >= 0.3 is 6.61 Å². The van der Waals surface area contributed by atoms with E-state index in [0.717, 1.165) is 18.4 Å². The van der Waals surface area contributed by atoms with E-state index >= 15 is 0 Å². The second kappa shape index (κ2) is 7.19. The zero-order valence-electron chi connectivity index (χ0n) is 14.8. The Morgan fingerprint density at radius 2 is 2.32 bits per heavy atom. The molecule has 3 heterocycles. The SMILES string of the molecule is Cn1nc(OC(F)F)cc1Nc1nncn1C1CCc2scc(C(N)=O)c2C1. The fraction of sp³-hybridized carbons (Fsp3) is 0.375. The first kappa shape index (κ1) is 18.3. The molecule has 0 bridgehead atoms. The van der Waals surface area contributed by atoms with Crippen molar-refractivity contribution in [2.75, 3.05) is 5.32 Å². The normalized spacial score (nSPS) is 16.2. The fourth-order valence-electron chi connectivity index (χ4n) is 3.36. The average molecular weight is 409 g/mol. The molecular weight excluding hydrogens is 392 g/mol. The highest BCUT2D eigenvalue weighted by Gasteiger charge is 2.27. The molecule has 1 aliphatic carbocycles. The Morgan fingerprint density at radius 3 is 3.07 bits per heavy atom. The third-order valence-corrected chi connectivity index (χ3v) is 5.75. The maximum absolute atomic E-state index is 12.4. The molecule has 9 nitrogen and oxygen atoms in total. The van der Waals surface area contributed by atoms with Gasteiger partial charge in [0.15, 0.2) is 0 Å². The van der Waals surface area contributed by atoms with Gasteiger partial charge in [-0.15, -0.1) is 26.6 Å². The van der Waals surface area contributed by atoms with E-state index in [2.05, 4.69) is 25.3 Å². The predicted molar refractivity (Wildman–Crippen MR) is 97.0 cm³/mol. The molecule has 1 unspecified atom stereocenters. The lowest BCUT2D eigenvalue weighted by Crippen LogP contribution is -2.21. The van der Waals surface area contributed by atoms with E-state index < -0.39 is 12.5 Å². The van der Waals surface area contributed by atoms with Crippen molar-refractivity contribution in [3.8, 4) is 5.88 Å². The maximum atomic E-state index is 12.4. The average Bonchev–Trinajstić information content (AvgIpc) is 3.33. The molecule has 148 valence electrons. The summed E-state index contributed by atoms with van der Waals surface area (Å²) >= 11 is 1.55. The molecule has 0 aromatic carbocycles. The Hall–Kier alpha value is -3.02. The Balaban J connectivity index is 1.56. The van der Waals surface area contributed by atoms with Crippen molar-refractivity contribution in [2.24, 2.45) is 12.8 Å². The van der Waals surface area contributed by atoms with Crippen molar-refractivity contribution >= 4 is 29.0 Å². The summed E-state index contributed by atoms with van der Waals surface area (Å²) in [7, 11) is 1.60. The number of fused-ring (bicyclic) bond motifs is 1. The van der Waals surface area contributed by atoms with Crippen LogP contribution in [0.25, 0.3) is 0 Å². The summed E-state index contributed by atoms with van der Waals surface area (Å²) in [6, 6.07) is 1.39. The molecule has 1 amide bonds. The molecule has 0 saturated carbocycles. The van der Waals surface area contributed by atoms with Crippen LogP contribution >= 0.6 is 11.3 Å². The highest BCUT2D eigenvalue weighted by molar-refractivity contribution is 7.10.